The highest BCUT2D eigenvalue weighted by atomic mass is 79.9. The third-order valence-electron chi connectivity index (χ3n) is 11.4. The van der Waals surface area contributed by atoms with Crippen LogP contribution in [0.2, 0.25) is 0 Å². The molecular formula is C31H42BrN3O3. The van der Waals surface area contributed by atoms with Gasteiger partial charge in [-0.05, 0) is 118 Å². The number of carbonyl (C=O) groups excluding carboxylic acids is 1. The second kappa shape index (κ2) is 9.43. The van der Waals surface area contributed by atoms with Gasteiger partial charge in [-0.3, -0.25) is 4.79 Å². The molecule has 1 aromatic carbocycles. The molecule has 206 valence electrons. The number of halogens is 1. The second-order valence-corrected chi connectivity index (χ2v) is 14.4. The fraction of sp³-hybridized carbons (Fsp3) is 0.710. The first-order valence-corrected chi connectivity index (χ1v) is 15.4. The maximum absolute atomic E-state index is 13.2. The average molecular weight is 585 g/mol. The van der Waals surface area contributed by atoms with Gasteiger partial charge in [0, 0.05) is 4.47 Å². The molecule has 0 aliphatic heterocycles. The van der Waals surface area contributed by atoms with Crippen molar-refractivity contribution in [3.8, 4) is 5.69 Å². The van der Waals surface area contributed by atoms with Gasteiger partial charge >= 0.3 is 5.97 Å². The summed E-state index contributed by atoms with van der Waals surface area (Å²) in [5.74, 6) is 1.11. The molecule has 4 aliphatic carbocycles. The number of fused-ring (bicyclic) bond motifs is 3. The summed E-state index contributed by atoms with van der Waals surface area (Å²) >= 11 is 3.49. The Morgan fingerprint density at radius 1 is 1.08 bits per heavy atom. The average Bonchev–Trinajstić information content (AvgIpc) is 3.43. The summed E-state index contributed by atoms with van der Waals surface area (Å²) in [5, 5.41) is 8.75. The van der Waals surface area contributed by atoms with Gasteiger partial charge < -0.3 is 9.47 Å². The van der Waals surface area contributed by atoms with Gasteiger partial charge in [0.1, 0.15) is 5.69 Å². The Kier molecular flexibility index (Phi) is 6.58. The molecule has 7 heteroatoms. The number of aromatic nitrogens is 3. The van der Waals surface area contributed by atoms with Crippen LogP contribution in [0.3, 0.4) is 0 Å². The zero-order valence-corrected chi connectivity index (χ0v) is 24.9. The van der Waals surface area contributed by atoms with E-state index in [9.17, 15) is 4.79 Å². The normalized spacial score (nSPS) is 39.9. The van der Waals surface area contributed by atoms with Gasteiger partial charge in [-0.1, -0.05) is 41.4 Å². The van der Waals surface area contributed by atoms with Crippen LogP contribution in [-0.4, -0.2) is 33.7 Å². The number of ether oxygens (including phenoxy) is 2. The predicted octanol–water partition coefficient (Wildman–Crippen LogP) is 7.28. The number of benzene rings is 1. The van der Waals surface area contributed by atoms with E-state index in [0.717, 1.165) is 41.5 Å². The summed E-state index contributed by atoms with van der Waals surface area (Å²) in [6, 6.07) is 8.08. The van der Waals surface area contributed by atoms with E-state index in [2.05, 4.69) is 47.0 Å². The zero-order chi connectivity index (χ0) is 26.8. The van der Waals surface area contributed by atoms with Gasteiger partial charge in [0.15, 0.2) is 0 Å². The van der Waals surface area contributed by atoms with E-state index in [4.69, 9.17) is 9.47 Å². The van der Waals surface area contributed by atoms with Gasteiger partial charge in [-0.15, -0.1) is 5.10 Å². The van der Waals surface area contributed by atoms with Crippen LogP contribution >= 0.6 is 15.9 Å². The lowest BCUT2D eigenvalue weighted by Gasteiger charge is -2.64. The van der Waals surface area contributed by atoms with E-state index in [-0.39, 0.29) is 28.3 Å². The molecule has 0 N–H and O–H groups in total. The van der Waals surface area contributed by atoms with Crippen molar-refractivity contribution in [2.45, 2.75) is 98.2 Å². The Balaban J connectivity index is 1.18. The van der Waals surface area contributed by atoms with E-state index < -0.39 is 0 Å². The number of hydrogen-bond acceptors (Lipinski definition) is 5. The Hall–Kier alpha value is -1.73. The lowest BCUT2D eigenvalue weighted by atomic mass is 9.40. The highest BCUT2D eigenvalue weighted by Crippen LogP contribution is 2.74. The Morgan fingerprint density at radius 3 is 2.61 bits per heavy atom. The first kappa shape index (κ1) is 26.5. The van der Waals surface area contributed by atoms with Crippen LogP contribution in [0.1, 0.15) is 91.2 Å². The van der Waals surface area contributed by atoms with Crippen molar-refractivity contribution in [2.75, 3.05) is 6.61 Å². The standard InChI is InChI=1S/C31H42BrN3O3/c1-5-37-27(36)30(4)14-6-13-29(3)24(30)12-16-31-17-26(28(2,20-31)15-11-25(29)31)38-19-22-18-35(34-33-22)23-9-7-21(32)8-10-23/h7-10,18,24-26H,5-6,11-17,19-20H2,1-4H3/t24-,25-,26+,28-,29+,30+,31-/m0/s1. The van der Waals surface area contributed by atoms with E-state index in [1.165, 1.54) is 32.1 Å². The van der Waals surface area contributed by atoms with E-state index in [1.54, 1.807) is 0 Å². The quantitative estimate of drug-likeness (QED) is 0.334. The third-order valence-corrected chi connectivity index (χ3v) is 11.9. The summed E-state index contributed by atoms with van der Waals surface area (Å²) in [7, 11) is 0. The van der Waals surface area contributed by atoms with Gasteiger partial charge in [0.2, 0.25) is 0 Å². The maximum atomic E-state index is 13.2. The van der Waals surface area contributed by atoms with Crippen LogP contribution < -0.4 is 0 Å². The predicted molar refractivity (Wildman–Crippen MR) is 150 cm³/mol. The number of rotatable bonds is 6. The van der Waals surface area contributed by atoms with Crippen molar-refractivity contribution in [3.05, 3.63) is 40.6 Å². The Morgan fingerprint density at radius 2 is 1.84 bits per heavy atom. The minimum Gasteiger partial charge on any atom is -0.466 e. The molecule has 2 aromatic rings. The molecule has 0 unspecified atom stereocenters. The summed E-state index contributed by atoms with van der Waals surface area (Å²) in [6.45, 7) is 10.1. The van der Waals surface area contributed by atoms with Crippen molar-refractivity contribution in [1.29, 1.82) is 0 Å². The van der Waals surface area contributed by atoms with Crippen LogP contribution in [0.4, 0.5) is 0 Å². The van der Waals surface area contributed by atoms with E-state index in [1.807, 2.05) is 42.1 Å². The molecule has 4 saturated carbocycles. The van der Waals surface area contributed by atoms with Crippen molar-refractivity contribution in [1.82, 2.24) is 15.0 Å². The lowest BCUT2D eigenvalue weighted by Crippen LogP contribution is -2.58. The fourth-order valence-corrected chi connectivity index (χ4v) is 10.0. The highest BCUT2D eigenvalue weighted by Gasteiger charge is 2.68. The molecule has 4 fully saturated rings. The SMILES string of the molecule is CCOC(=O)[C@]1(C)CCC[C@@]2(C)[C@@H]3CC[C@@]4(C)C[C@]3(CC[C@@H]21)C[C@H]4OCc1cn(-c2ccc(Br)cc2)nn1. The molecule has 6 rings (SSSR count). The van der Waals surface area contributed by atoms with Gasteiger partial charge in [-0.25, -0.2) is 4.68 Å². The number of carbonyl (C=O) groups is 1. The molecule has 1 spiro atoms. The molecule has 0 radical (unpaired) electrons. The first-order chi connectivity index (χ1) is 18.1. The molecule has 1 aromatic heterocycles. The van der Waals surface area contributed by atoms with Crippen LogP contribution in [0.15, 0.2) is 34.9 Å². The summed E-state index contributed by atoms with van der Waals surface area (Å²) < 4.78 is 15.2. The summed E-state index contributed by atoms with van der Waals surface area (Å²) in [4.78, 5) is 13.2. The van der Waals surface area contributed by atoms with Crippen LogP contribution in [0.5, 0.6) is 0 Å². The summed E-state index contributed by atoms with van der Waals surface area (Å²) in [6.07, 6.45) is 12.7. The smallest absolute Gasteiger partial charge is 0.312 e. The van der Waals surface area contributed by atoms with Crippen LogP contribution in [-0.2, 0) is 20.9 Å². The van der Waals surface area contributed by atoms with Crippen molar-refractivity contribution < 1.29 is 14.3 Å². The van der Waals surface area contributed by atoms with Crippen LogP contribution in [0, 0.1) is 33.5 Å². The Bertz CT molecular complexity index is 1200. The number of hydrogen-bond donors (Lipinski definition) is 0. The summed E-state index contributed by atoms with van der Waals surface area (Å²) in [5.41, 5.74) is 2.25. The molecule has 0 saturated heterocycles. The molecule has 7 atom stereocenters. The number of nitrogens with zero attached hydrogens (tertiary/aromatic N) is 3. The highest BCUT2D eigenvalue weighted by molar-refractivity contribution is 9.10. The maximum Gasteiger partial charge on any atom is 0.312 e. The van der Waals surface area contributed by atoms with Gasteiger partial charge in [0.05, 0.1) is 36.6 Å². The molecule has 6 nitrogen and oxygen atoms in total. The van der Waals surface area contributed by atoms with E-state index in [0.29, 0.717) is 30.5 Å². The van der Waals surface area contributed by atoms with Gasteiger partial charge in [-0.2, -0.15) is 0 Å². The second-order valence-electron chi connectivity index (χ2n) is 13.5. The monoisotopic (exact) mass is 583 g/mol. The Labute approximate surface area is 235 Å². The molecular weight excluding hydrogens is 542 g/mol. The first-order valence-electron chi connectivity index (χ1n) is 14.6. The molecule has 0 amide bonds. The van der Waals surface area contributed by atoms with Crippen LogP contribution in [0.25, 0.3) is 5.69 Å². The van der Waals surface area contributed by atoms with Gasteiger partial charge in [0.25, 0.3) is 0 Å². The molecule has 2 bridgehead atoms. The number of esters is 1. The largest absolute Gasteiger partial charge is 0.466 e. The minimum absolute atomic E-state index is 0.0383. The van der Waals surface area contributed by atoms with Crippen molar-refractivity contribution in [2.24, 2.45) is 33.5 Å². The third kappa shape index (κ3) is 4.09. The minimum atomic E-state index is -0.347. The molecule has 1 heterocycles. The van der Waals surface area contributed by atoms with Crippen molar-refractivity contribution >= 4 is 21.9 Å². The lowest BCUT2D eigenvalue weighted by molar-refractivity contribution is -0.187. The zero-order valence-electron chi connectivity index (χ0n) is 23.3. The topological polar surface area (TPSA) is 66.2 Å². The van der Waals surface area contributed by atoms with E-state index >= 15 is 0 Å². The fourth-order valence-electron chi connectivity index (χ4n) is 9.78. The molecule has 38 heavy (non-hydrogen) atoms. The van der Waals surface area contributed by atoms with Crippen molar-refractivity contribution in [3.63, 3.8) is 0 Å². The molecule has 4 aliphatic rings.